The van der Waals surface area contributed by atoms with Crippen molar-refractivity contribution in [1.29, 1.82) is 5.26 Å². The Balaban J connectivity index is 4.05. The van der Waals surface area contributed by atoms with Gasteiger partial charge in [0.1, 0.15) is 5.92 Å². The summed E-state index contributed by atoms with van der Waals surface area (Å²) in [6, 6.07) is 1.91. The third-order valence-corrected chi connectivity index (χ3v) is 1.76. The number of hydrogen-bond donors (Lipinski definition) is 1. The Bertz CT molecular complexity index is 171. The average molecular weight is 154 g/mol. The van der Waals surface area contributed by atoms with E-state index < -0.39 is 11.8 Å². The van der Waals surface area contributed by atoms with Crippen molar-refractivity contribution in [2.45, 2.75) is 26.7 Å². The van der Waals surface area contributed by atoms with Crippen LogP contribution in [0.3, 0.4) is 0 Å². The van der Waals surface area contributed by atoms with Crippen LogP contribution >= 0.6 is 0 Å². The van der Waals surface area contributed by atoms with Gasteiger partial charge in [0, 0.05) is 0 Å². The number of rotatable bonds is 4. The lowest BCUT2D eigenvalue weighted by Gasteiger charge is -2.12. The monoisotopic (exact) mass is 154 g/mol. The zero-order valence-electron chi connectivity index (χ0n) is 7.00. The maximum absolute atomic E-state index is 10.6. The second-order valence-electron chi connectivity index (χ2n) is 2.78. The molecule has 2 atom stereocenters. The number of nitrogens with two attached hydrogens (primary N) is 1. The summed E-state index contributed by atoms with van der Waals surface area (Å²) in [5, 5.41) is 8.54. The molecule has 3 nitrogen and oxygen atoms in total. The molecule has 0 bridgehead atoms. The lowest BCUT2D eigenvalue weighted by Crippen LogP contribution is -2.27. The fourth-order valence-corrected chi connectivity index (χ4v) is 1.09. The smallest absolute Gasteiger partial charge is 0.235 e. The molecule has 0 aliphatic rings. The van der Waals surface area contributed by atoms with Crippen molar-refractivity contribution >= 4 is 5.91 Å². The van der Waals surface area contributed by atoms with E-state index in [0.29, 0.717) is 0 Å². The molecule has 3 heteroatoms. The SMILES string of the molecule is CCC[C@H](C)[C@@H](C#N)C(N)=O. The van der Waals surface area contributed by atoms with E-state index in [-0.39, 0.29) is 5.92 Å². The van der Waals surface area contributed by atoms with Gasteiger partial charge in [0.2, 0.25) is 5.91 Å². The second-order valence-corrected chi connectivity index (χ2v) is 2.78. The summed E-state index contributed by atoms with van der Waals surface area (Å²) in [5.74, 6) is -1.04. The van der Waals surface area contributed by atoms with E-state index in [2.05, 4.69) is 0 Å². The fourth-order valence-electron chi connectivity index (χ4n) is 1.09. The first-order valence-corrected chi connectivity index (χ1v) is 3.82. The minimum absolute atomic E-state index is 0.0856. The van der Waals surface area contributed by atoms with E-state index in [0.717, 1.165) is 12.8 Å². The molecular formula is C8H14N2O. The summed E-state index contributed by atoms with van der Waals surface area (Å²) in [4.78, 5) is 10.6. The molecule has 0 aromatic rings. The first-order chi connectivity index (χ1) is 5.13. The van der Waals surface area contributed by atoms with Crippen LogP contribution in [-0.2, 0) is 4.79 Å². The largest absolute Gasteiger partial charge is 0.369 e. The highest BCUT2D eigenvalue weighted by Crippen LogP contribution is 2.15. The van der Waals surface area contributed by atoms with Crippen LogP contribution < -0.4 is 5.73 Å². The second kappa shape index (κ2) is 4.73. The van der Waals surface area contributed by atoms with E-state index in [1.807, 2.05) is 19.9 Å². The van der Waals surface area contributed by atoms with Gasteiger partial charge in [0.25, 0.3) is 0 Å². The van der Waals surface area contributed by atoms with Crippen LogP contribution in [0.2, 0.25) is 0 Å². The lowest BCUT2D eigenvalue weighted by molar-refractivity contribution is -0.121. The first kappa shape index (κ1) is 9.96. The van der Waals surface area contributed by atoms with E-state index in [1.165, 1.54) is 0 Å². The molecule has 0 heterocycles. The van der Waals surface area contributed by atoms with Gasteiger partial charge >= 0.3 is 0 Å². The van der Waals surface area contributed by atoms with Crippen LogP contribution in [0.25, 0.3) is 0 Å². The molecule has 0 saturated carbocycles. The van der Waals surface area contributed by atoms with Crippen molar-refractivity contribution in [2.24, 2.45) is 17.6 Å². The molecule has 0 radical (unpaired) electrons. The van der Waals surface area contributed by atoms with Gasteiger partial charge < -0.3 is 5.73 Å². The molecule has 0 unspecified atom stereocenters. The van der Waals surface area contributed by atoms with Crippen LogP contribution in [0, 0.1) is 23.2 Å². The number of nitrogens with zero attached hydrogens (tertiary/aromatic N) is 1. The Morgan fingerprint density at radius 2 is 2.27 bits per heavy atom. The summed E-state index contributed by atoms with van der Waals surface area (Å²) in [6.07, 6.45) is 1.85. The molecule has 0 aromatic carbocycles. The molecule has 0 fully saturated rings. The van der Waals surface area contributed by atoms with Crippen molar-refractivity contribution in [3.05, 3.63) is 0 Å². The van der Waals surface area contributed by atoms with Crippen LogP contribution in [0.5, 0.6) is 0 Å². The van der Waals surface area contributed by atoms with Crippen LogP contribution in [0.4, 0.5) is 0 Å². The third kappa shape index (κ3) is 3.03. The quantitative estimate of drug-likeness (QED) is 0.657. The Kier molecular flexibility index (Phi) is 4.28. The number of primary amides is 1. The zero-order chi connectivity index (χ0) is 8.85. The molecule has 62 valence electrons. The summed E-state index contributed by atoms with van der Waals surface area (Å²) >= 11 is 0. The van der Waals surface area contributed by atoms with Crippen molar-refractivity contribution in [1.82, 2.24) is 0 Å². The molecule has 0 rings (SSSR count). The summed E-state index contributed by atoms with van der Waals surface area (Å²) in [6.45, 7) is 3.90. The normalized spacial score (nSPS) is 15.0. The highest BCUT2D eigenvalue weighted by molar-refractivity contribution is 5.79. The molecule has 0 aliphatic carbocycles. The van der Waals surface area contributed by atoms with Crippen molar-refractivity contribution in [3.8, 4) is 6.07 Å². The third-order valence-electron chi connectivity index (χ3n) is 1.76. The summed E-state index contributed by atoms with van der Waals surface area (Å²) in [7, 11) is 0. The van der Waals surface area contributed by atoms with E-state index in [4.69, 9.17) is 11.0 Å². The Morgan fingerprint density at radius 1 is 1.73 bits per heavy atom. The Hall–Kier alpha value is -1.04. The minimum Gasteiger partial charge on any atom is -0.369 e. The van der Waals surface area contributed by atoms with Gasteiger partial charge in [0.15, 0.2) is 0 Å². The molecule has 1 amide bonds. The zero-order valence-corrected chi connectivity index (χ0v) is 7.00. The molecule has 0 aliphatic heterocycles. The van der Waals surface area contributed by atoms with Gasteiger partial charge in [-0.1, -0.05) is 20.3 Å². The Morgan fingerprint density at radius 3 is 2.55 bits per heavy atom. The van der Waals surface area contributed by atoms with Crippen LogP contribution in [-0.4, -0.2) is 5.91 Å². The predicted octanol–water partition coefficient (Wildman–Crippen LogP) is 1.05. The Labute approximate surface area is 67.2 Å². The van der Waals surface area contributed by atoms with Crippen LogP contribution in [0.1, 0.15) is 26.7 Å². The number of carbonyl (C=O) groups excluding carboxylic acids is 1. The summed E-state index contributed by atoms with van der Waals surface area (Å²) in [5.41, 5.74) is 5.02. The highest BCUT2D eigenvalue weighted by Gasteiger charge is 2.20. The highest BCUT2D eigenvalue weighted by atomic mass is 16.1. The minimum atomic E-state index is -0.616. The van der Waals surface area contributed by atoms with Crippen LogP contribution in [0.15, 0.2) is 0 Å². The number of nitriles is 1. The molecule has 0 aromatic heterocycles. The van der Waals surface area contributed by atoms with E-state index in [1.54, 1.807) is 0 Å². The molecule has 0 saturated heterocycles. The predicted molar refractivity (Wildman–Crippen MR) is 42.4 cm³/mol. The van der Waals surface area contributed by atoms with E-state index in [9.17, 15) is 4.79 Å². The van der Waals surface area contributed by atoms with Gasteiger partial charge in [-0.05, 0) is 12.3 Å². The summed E-state index contributed by atoms with van der Waals surface area (Å²) < 4.78 is 0. The molecule has 2 N–H and O–H groups in total. The van der Waals surface area contributed by atoms with Gasteiger partial charge in [-0.15, -0.1) is 0 Å². The van der Waals surface area contributed by atoms with Crippen molar-refractivity contribution in [2.75, 3.05) is 0 Å². The number of hydrogen-bond acceptors (Lipinski definition) is 2. The average Bonchev–Trinajstić information content (AvgIpc) is 1.88. The van der Waals surface area contributed by atoms with Gasteiger partial charge in [-0.25, -0.2) is 0 Å². The van der Waals surface area contributed by atoms with E-state index >= 15 is 0 Å². The molecular weight excluding hydrogens is 140 g/mol. The topological polar surface area (TPSA) is 66.9 Å². The maximum atomic E-state index is 10.6. The molecule has 11 heavy (non-hydrogen) atoms. The maximum Gasteiger partial charge on any atom is 0.235 e. The van der Waals surface area contributed by atoms with Crippen molar-refractivity contribution in [3.63, 3.8) is 0 Å². The number of carbonyl (C=O) groups is 1. The van der Waals surface area contributed by atoms with Gasteiger partial charge in [-0.3, -0.25) is 4.79 Å². The molecule has 0 spiro atoms. The van der Waals surface area contributed by atoms with Gasteiger partial charge in [-0.2, -0.15) is 5.26 Å². The standard InChI is InChI=1S/C8H14N2O/c1-3-4-6(2)7(5-9)8(10)11/h6-7H,3-4H2,1-2H3,(H2,10,11)/t6-,7+/m0/s1. The lowest BCUT2D eigenvalue weighted by atomic mass is 9.91. The first-order valence-electron chi connectivity index (χ1n) is 3.82. The number of amides is 1. The van der Waals surface area contributed by atoms with Crippen molar-refractivity contribution < 1.29 is 4.79 Å². The van der Waals surface area contributed by atoms with Gasteiger partial charge in [0.05, 0.1) is 6.07 Å². The fraction of sp³-hybridized carbons (Fsp3) is 0.750.